The number of oxime groups is 1. The fourth-order valence-electron chi connectivity index (χ4n) is 1.74. The zero-order chi connectivity index (χ0) is 14.1. The lowest BCUT2D eigenvalue weighted by Crippen LogP contribution is -2.14. The minimum Gasteiger partial charge on any atom is -0.496 e. The molecule has 0 saturated carbocycles. The molecule has 3 N–H and O–H groups in total. The van der Waals surface area contributed by atoms with Gasteiger partial charge in [-0.05, 0) is 29.9 Å². The SMILES string of the molecule is CCCCCSCc1ccc(/C(N)=N/O)c(OC)c1. The summed E-state index contributed by atoms with van der Waals surface area (Å²) >= 11 is 1.92. The molecule has 0 atom stereocenters. The number of rotatable bonds is 8. The molecule has 19 heavy (non-hydrogen) atoms. The van der Waals surface area contributed by atoms with Gasteiger partial charge < -0.3 is 15.7 Å². The van der Waals surface area contributed by atoms with Gasteiger partial charge in [-0.3, -0.25) is 0 Å². The van der Waals surface area contributed by atoms with Crippen LogP contribution in [0, 0.1) is 0 Å². The summed E-state index contributed by atoms with van der Waals surface area (Å²) in [4.78, 5) is 0. The first-order valence-corrected chi connectivity index (χ1v) is 7.61. The van der Waals surface area contributed by atoms with E-state index in [-0.39, 0.29) is 5.84 Å². The van der Waals surface area contributed by atoms with Crippen molar-refractivity contribution < 1.29 is 9.94 Å². The quantitative estimate of drug-likeness (QED) is 0.252. The van der Waals surface area contributed by atoms with Crippen LogP contribution in [-0.4, -0.2) is 23.9 Å². The second-order valence-electron chi connectivity index (χ2n) is 4.28. The van der Waals surface area contributed by atoms with Crippen molar-refractivity contribution in [3.63, 3.8) is 0 Å². The molecule has 0 bridgehead atoms. The van der Waals surface area contributed by atoms with Crippen LogP contribution in [0.3, 0.4) is 0 Å². The van der Waals surface area contributed by atoms with Gasteiger partial charge in [-0.2, -0.15) is 11.8 Å². The summed E-state index contributed by atoms with van der Waals surface area (Å²) in [6, 6.07) is 5.76. The molecular formula is C14H22N2O2S. The number of hydrogen-bond donors (Lipinski definition) is 2. The van der Waals surface area contributed by atoms with Crippen LogP contribution in [0.25, 0.3) is 0 Å². The maximum absolute atomic E-state index is 8.70. The van der Waals surface area contributed by atoms with Gasteiger partial charge in [0.2, 0.25) is 0 Å². The Labute approximate surface area is 119 Å². The van der Waals surface area contributed by atoms with Gasteiger partial charge in [0, 0.05) is 5.75 Å². The van der Waals surface area contributed by atoms with E-state index in [1.165, 1.54) is 30.6 Å². The first kappa shape index (κ1) is 15.7. The van der Waals surface area contributed by atoms with E-state index in [0.29, 0.717) is 11.3 Å². The Morgan fingerprint density at radius 2 is 2.21 bits per heavy atom. The number of nitrogens with zero attached hydrogens (tertiary/aromatic N) is 1. The lowest BCUT2D eigenvalue weighted by atomic mass is 10.1. The zero-order valence-electron chi connectivity index (χ0n) is 11.6. The molecule has 0 fully saturated rings. The molecule has 0 radical (unpaired) electrons. The number of nitrogens with two attached hydrogens (primary N) is 1. The van der Waals surface area contributed by atoms with E-state index in [9.17, 15) is 0 Å². The van der Waals surface area contributed by atoms with Crippen LogP contribution >= 0.6 is 11.8 Å². The number of methoxy groups -OCH3 is 1. The molecule has 1 aromatic carbocycles. The minimum atomic E-state index is 0.0685. The van der Waals surface area contributed by atoms with Crippen LogP contribution in [0.4, 0.5) is 0 Å². The second kappa shape index (κ2) is 8.69. The summed E-state index contributed by atoms with van der Waals surface area (Å²) in [5, 5.41) is 11.7. The Morgan fingerprint density at radius 3 is 2.84 bits per heavy atom. The molecule has 0 unspecified atom stereocenters. The number of unbranched alkanes of at least 4 members (excludes halogenated alkanes) is 2. The molecule has 5 heteroatoms. The Hall–Kier alpha value is -1.36. The molecule has 106 valence electrons. The molecule has 1 aromatic rings. The third-order valence-corrected chi connectivity index (χ3v) is 3.93. The van der Waals surface area contributed by atoms with Crippen molar-refractivity contribution in [2.24, 2.45) is 10.9 Å². The van der Waals surface area contributed by atoms with Crippen LogP contribution in [-0.2, 0) is 5.75 Å². The van der Waals surface area contributed by atoms with E-state index < -0.39 is 0 Å². The topological polar surface area (TPSA) is 67.8 Å². The van der Waals surface area contributed by atoms with E-state index in [0.717, 1.165) is 5.75 Å². The van der Waals surface area contributed by atoms with Crippen molar-refractivity contribution in [3.8, 4) is 5.75 Å². The van der Waals surface area contributed by atoms with E-state index in [2.05, 4.69) is 12.1 Å². The molecule has 0 saturated heterocycles. The normalized spacial score (nSPS) is 11.6. The lowest BCUT2D eigenvalue weighted by molar-refractivity contribution is 0.318. The summed E-state index contributed by atoms with van der Waals surface area (Å²) < 4.78 is 5.27. The number of hydrogen-bond acceptors (Lipinski definition) is 4. The molecule has 0 heterocycles. The largest absolute Gasteiger partial charge is 0.496 e. The Bertz CT molecular complexity index is 422. The highest BCUT2D eigenvalue weighted by Gasteiger charge is 2.08. The van der Waals surface area contributed by atoms with Crippen molar-refractivity contribution in [3.05, 3.63) is 29.3 Å². The standard InChI is InChI=1S/C14H22N2O2S/c1-3-4-5-8-19-10-11-6-7-12(14(15)16-17)13(9-11)18-2/h6-7,9,17H,3-5,8,10H2,1-2H3,(H2,15,16). The van der Waals surface area contributed by atoms with E-state index in [4.69, 9.17) is 15.7 Å². The number of amidine groups is 1. The second-order valence-corrected chi connectivity index (χ2v) is 5.38. The molecule has 4 nitrogen and oxygen atoms in total. The fourth-order valence-corrected chi connectivity index (χ4v) is 2.70. The summed E-state index contributed by atoms with van der Waals surface area (Å²) in [7, 11) is 1.58. The Balaban J connectivity index is 2.62. The molecule has 0 aromatic heterocycles. The van der Waals surface area contributed by atoms with Crippen molar-refractivity contribution in [2.45, 2.75) is 31.9 Å². The molecule has 0 aliphatic carbocycles. The van der Waals surface area contributed by atoms with Crippen LogP contribution in [0.1, 0.15) is 37.3 Å². The van der Waals surface area contributed by atoms with Gasteiger partial charge in [0.1, 0.15) is 5.75 Å². The third kappa shape index (κ3) is 5.03. The average molecular weight is 282 g/mol. The molecule has 1 rings (SSSR count). The predicted molar refractivity (Wildman–Crippen MR) is 81.2 cm³/mol. The Kier molecular flexibility index (Phi) is 7.18. The average Bonchev–Trinajstić information content (AvgIpc) is 2.46. The fraction of sp³-hybridized carbons (Fsp3) is 0.500. The number of benzene rings is 1. The highest BCUT2D eigenvalue weighted by molar-refractivity contribution is 7.98. The molecular weight excluding hydrogens is 260 g/mol. The molecule has 0 aliphatic rings. The van der Waals surface area contributed by atoms with Gasteiger partial charge in [0.25, 0.3) is 0 Å². The van der Waals surface area contributed by atoms with Crippen LogP contribution < -0.4 is 10.5 Å². The van der Waals surface area contributed by atoms with Crippen molar-refractivity contribution >= 4 is 17.6 Å². The van der Waals surface area contributed by atoms with Gasteiger partial charge in [-0.1, -0.05) is 31.0 Å². The summed E-state index contributed by atoms with van der Waals surface area (Å²) in [6.45, 7) is 2.21. The van der Waals surface area contributed by atoms with Crippen molar-refractivity contribution in [1.82, 2.24) is 0 Å². The van der Waals surface area contributed by atoms with Crippen LogP contribution in [0.5, 0.6) is 5.75 Å². The highest BCUT2D eigenvalue weighted by Crippen LogP contribution is 2.23. The van der Waals surface area contributed by atoms with Gasteiger partial charge in [0.05, 0.1) is 12.7 Å². The van der Waals surface area contributed by atoms with Crippen molar-refractivity contribution in [1.29, 1.82) is 0 Å². The maximum atomic E-state index is 8.70. The maximum Gasteiger partial charge on any atom is 0.173 e. The van der Waals surface area contributed by atoms with E-state index >= 15 is 0 Å². The van der Waals surface area contributed by atoms with Crippen LogP contribution in [0.2, 0.25) is 0 Å². The Morgan fingerprint density at radius 1 is 1.42 bits per heavy atom. The minimum absolute atomic E-state index is 0.0685. The summed E-state index contributed by atoms with van der Waals surface area (Å²) in [5.74, 6) is 2.84. The van der Waals surface area contributed by atoms with Gasteiger partial charge in [-0.15, -0.1) is 0 Å². The lowest BCUT2D eigenvalue weighted by Gasteiger charge is -2.09. The van der Waals surface area contributed by atoms with E-state index in [1.54, 1.807) is 7.11 Å². The van der Waals surface area contributed by atoms with Gasteiger partial charge in [0.15, 0.2) is 5.84 Å². The smallest absolute Gasteiger partial charge is 0.173 e. The van der Waals surface area contributed by atoms with Crippen LogP contribution in [0.15, 0.2) is 23.4 Å². The predicted octanol–water partition coefficient (Wildman–Crippen LogP) is 3.21. The van der Waals surface area contributed by atoms with Gasteiger partial charge in [-0.25, -0.2) is 0 Å². The molecule has 0 amide bonds. The first-order chi connectivity index (χ1) is 9.22. The third-order valence-electron chi connectivity index (χ3n) is 2.81. The monoisotopic (exact) mass is 282 g/mol. The highest BCUT2D eigenvalue weighted by atomic mass is 32.2. The summed E-state index contributed by atoms with van der Waals surface area (Å²) in [6.07, 6.45) is 3.81. The van der Waals surface area contributed by atoms with Crippen molar-refractivity contribution in [2.75, 3.05) is 12.9 Å². The number of thioether (sulfide) groups is 1. The van der Waals surface area contributed by atoms with Gasteiger partial charge >= 0.3 is 0 Å². The van der Waals surface area contributed by atoms with E-state index in [1.807, 2.05) is 30.0 Å². The summed E-state index contributed by atoms with van der Waals surface area (Å²) in [5.41, 5.74) is 7.39. The zero-order valence-corrected chi connectivity index (χ0v) is 12.4. The number of ether oxygens (including phenoxy) is 1. The molecule has 0 spiro atoms. The first-order valence-electron chi connectivity index (χ1n) is 6.45. The molecule has 0 aliphatic heterocycles.